The lowest BCUT2D eigenvalue weighted by atomic mass is 10.0. The quantitative estimate of drug-likeness (QED) is 0.672. The second kappa shape index (κ2) is 6.07. The molecule has 1 atom stereocenters. The minimum absolute atomic E-state index is 0.405. The van der Waals surface area contributed by atoms with Crippen molar-refractivity contribution in [1.29, 1.82) is 0 Å². The number of methoxy groups -OCH3 is 1. The summed E-state index contributed by atoms with van der Waals surface area (Å²) in [4.78, 5) is 16.7. The summed E-state index contributed by atoms with van der Waals surface area (Å²) in [5.74, 6) is 0.188. The van der Waals surface area contributed by atoms with Crippen molar-refractivity contribution in [2.45, 2.75) is 31.6 Å². The molecule has 2 aromatic heterocycles. The van der Waals surface area contributed by atoms with E-state index in [9.17, 15) is 4.79 Å². The summed E-state index contributed by atoms with van der Waals surface area (Å²) in [6.07, 6.45) is 3.79. The second-order valence-corrected chi connectivity index (χ2v) is 5.79. The van der Waals surface area contributed by atoms with Crippen LogP contribution < -0.4 is 5.32 Å². The van der Waals surface area contributed by atoms with Crippen LogP contribution in [0.2, 0.25) is 0 Å². The Labute approximate surface area is 137 Å². The molecule has 0 saturated carbocycles. The molecule has 8 nitrogen and oxygen atoms in total. The molecule has 0 aromatic carbocycles. The Morgan fingerprint density at radius 1 is 1.48 bits per heavy atom. The van der Waals surface area contributed by atoms with Crippen molar-refractivity contribution >= 4 is 23.7 Å². The number of anilines is 1. The lowest BCUT2D eigenvalue weighted by Gasteiger charge is -2.26. The Morgan fingerprint density at radius 3 is 2.87 bits per heavy atom. The average Bonchev–Trinajstić information content (AvgIpc) is 3.18. The molecule has 3 heterocycles. The van der Waals surface area contributed by atoms with Gasteiger partial charge in [0.1, 0.15) is 6.04 Å². The summed E-state index contributed by atoms with van der Waals surface area (Å²) >= 11 is 1.44. The van der Waals surface area contributed by atoms with Gasteiger partial charge in [-0.3, -0.25) is 4.68 Å². The fraction of sp³-hybridized carbons (Fsp3) is 0.429. The summed E-state index contributed by atoms with van der Waals surface area (Å²) in [6.45, 7) is 4.59. The van der Waals surface area contributed by atoms with Crippen LogP contribution in [0, 0.1) is 0 Å². The number of esters is 1. The lowest BCUT2D eigenvalue weighted by molar-refractivity contribution is -0.136. The van der Waals surface area contributed by atoms with Crippen LogP contribution in [-0.4, -0.2) is 43.9 Å². The lowest BCUT2D eigenvalue weighted by Crippen LogP contribution is -2.29. The molecule has 0 aliphatic carbocycles. The van der Waals surface area contributed by atoms with Crippen LogP contribution in [0.5, 0.6) is 0 Å². The molecule has 1 N–H and O–H groups in total. The third-order valence-electron chi connectivity index (χ3n) is 3.69. The Morgan fingerprint density at radius 2 is 2.26 bits per heavy atom. The molecule has 1 aliphatic rings. The number of carbonyl (C=O) groups is 1. The molecular formula is C14H18N6O2S. The molecule has 0 radical (unpaired) electrons. The molecule has 122 valence electrons. The summed E-state index contributed by atoms with van der Waals surface area (Å²) in [5, 5.41) is 12.8. The number of allylic oxidation sites excluding steroid dienone is 1. The van der Waals surface area contributed by atoms with Crippen LogP contribution in [0.15, 0.2) is 28.7 Å². The highest BCUT2D eigenvalue weighted by Crippen LogP contribution is 2.35. The van der Waals surface area contributed by atoms with Crippen LogP contribution >= 0.6 is 11.8 Å². The van der Waals surface area contributed by atoms with E-state index in [1.165, 1.54) is 18.9 Å². The van der Waals surface area contributed by atoms with Gasteiger partial charge in [0.05, 0.1) is 18.4 Å². The highest BCUT2D eigenvalue weighted by Gasteiger charge is 2.36. The Bertz CT molecular complexity index is 778. The maximum Gasteiger partial charge on any atom is 0.338 e. The largest absolute Gasteiger partial charge is 0.466 e. The third-order valence-corrected chi connectivity index (χ3v) is 4.22. The van der Waals surface area contributed by atoms with Crippen molar-refractivity contribution < 1.29 is 9.53 Å². The first-order valence-corrected chi connectivity index (χ1v) is 8.41. The molecule has 0 bridgehead atoms. The van der Waals surface area contributed by atoms with Crippen molar-refractivity contribution in [3.05, 3.63) is 29.2 Å². The predicted molar refractivity (Wildman–Crippen MR) is 86.2 cm³/mol. The molecule has 0 spiro atoms. The van der Waals surface area contributed by atoms with E-state index >= 15 is 0 Å². The number of thioether (sulfide) groups is 1. The van der Waals surface area contributed by atoms with E-state index < -0.39 is 12.0 Å². The topological polar surface area (TPSA) is 86.9 Å². The van der Waals surface area contributed by atoms with Crippen molar-refractivity contribution in [3.63, 3.8) is 0 Å². The molecule has 23 heavy (non-hydrogen) atoms. The predicted octanol–water partition coefficient (Wildman–Crippen LogP) is 1.68. The van der Waals surface area contributed by atoms with E-state index in [0.29, 0.717) is 22.4 Å². The molecular weight excluding hydrogens is 316 g/mol. The zero-order chi connectivity index (χ0) is 16.6. The van der Waals surface area contributed by atoms with Crippen molar-refractivity contribution in [1.82, 2.24) is 24.5 Å². The zero-order valence-corrected chi connectivity index (χ0v) is 14.2. The number of nitrogens with zero attached hydrogens (tertiary/aromatic N) is 5. The van der Waals surface area contributed by atoms with Crippen molar-refractivity contribution in [2.24, 2.45) is 0 Å². The summed E-state index contributed by atoms with van der Waals surface area (Å²) in [6, 6.07) is 1.43. The van der Waals surface area contributed by atoms with Gasteiger partial charge in [-0.2, -0.15) is 10.1 Å². The van der Waals surface area contributed by atoms with Gasteiger partial charge in [0.15, 0.2) is 0 Å². The number of hydrogen-bond donors (Lipinski definition) is 1. The van der Waals surface area contributed by atoms with Gasteiger partial charge in [0.2, 0.25) is 11.1 Å². The van der Waals surface area contributed by atoms with Gasteiger partial charge >= 0.3 is 5.97 Å². The van der Waals surface area contributed by atoms with E-state index in [1.807, 2.05) is 37.0 Å². The molecule has 2 aromatic rings. The van der Waals surface area contributed by atoms with Gasteiger partial charge in [0, 0.05) is 18.4 Å². The summed E-state index contributed by atoms with van der Waals surface area (Å²) < 4.78 is 8.46. The van der Waals surface area contributed by atoms with E-state index in [1.54, 1.807) is 4.68 Å². The molecule has 1 aliphatic heterocycles. The van der Waals surface area contributed by atoms with Crippen molar-refractivity contribution in [2.75, 3.05) is 18.7 Å². The Kier molecular flexibility index (Phi) is 4.12. The third kappa shape index (κ3) is 2.61. The zero-order valence-electron chi connectivity index (χ0n) is 13.4. The Hall–Kier alpha value is -2.29. The summed E-state index contributed by atoms with van der Waals surface area (Å²) in [5.41, 5.74) is 1.91. The average molecular weight is 334 g/mol. The SMILES string of the molecule is CCn1ccc(C2C(C(=O)OC)=C(C)Nc3nc(SC)nn32)n1. The highest BCUT2D eigenvalue weighted by molar-refractivity contribution is 7.98. The normalized spacial score (nSPS) is 17.0. The minimum atomic E-state index is -0.458. The smallest absolute Gasteiger partial charge is 0.338 e. The fourth-order valence-corrected chi connectivity index (χ4v) is 2.91. The van der Waals surface area contributed by atoms with E-state index in [0.717, 1.165) is 12.2 Å². The van der Waals surface area contributed by atoms with Crippen LogP contribution in [0.1, 0.15) is 25.6 Å². The number of fused-ring (bicyclic) bond motifs is 1. The van der Waals surface area contributed by atoms with Gasteiger partial charge in [-0.1, -0.05) is 11.8 Å². The Balaban J connectivity index is 2.16. The molecule has 9 heteroatoms. The number of carbonyl (C=O) groups excluding carboxylic acids is 1. The van der Waals surface area contributed by atoms with E-state index in [2.05, 4.69) is 20.5 Å². The second-order valence-electron chi connectivity index (χ2n) is 5.02. The molecule has 0 saturated heterocycles. The first-order chi connectivity index (χ1) is 11.1. The van der Waals surface area contributed by atoms with Crippen LogP contribution in [0.25, 0.3) is 0 Å². The molecule has 1 unspecified atom stereocenters. The molecule has 3 rings (SSSR count). The number of hydrogen-bond acceptors (Lipinski definition) is 7. The maximum absolute atomic E-state index is 12.3. The summed E-state index contributed by atoms with van der Waals surface area (Å²) in [7, 11) is 1.37. The molecule has 0 fully saturated rings. The van der Waals surface area contributed by atoms with Crippen LogP contribution in [0.3, 0.4) is 0 Å². The van der Waals surface area contributed by atoms with Gasteiger partial charge in [-0.25, -0.2) is 9.48 Å². The van der Waals surface area contributed by atoms with Crippen LogP contribution in [-0.2, 0) is 16.1 Å². The van der Waals surface area contributed by atoms with Crippen molar-refractivity contribution in [3.8, 4) is 0 Å². The number of aryl methyl sites for hydroxylation is 1. The number of ether oxygens (including phenoxy) is 1. The highest BCUT2D eigenvalue weighted by atomic mass is 32.2. The van der Waals surface area contributed by atoms with Gasteiger partial charge in [0.25, 0.3) is 0 Å². The monoisotopic (exact) mass is 334 g/mol. The number of nitrogens with one attached hydrogen (secondary N) is 1. The number of rotatable bonds is 4. The fourth-order valence-electron chi connectivity index (χ4n) is 2.57. The van der Waals surface area contributed by atoms with E-state index in [-0.39, 0.29) is 0 Å². The molecule has 0 amide bonds. The standard InChI is InChI=1S/C14H18N6O2S/c1-5-19-7-6-9(17-19)11-10(12(21)22-3)8(2)15-13-16-14(23-4)18-20(11)13/h6-7,11H,5H2,1-4H3,(H,15,16,18). The van der Waals surface area contributed by atoms with Gasteiger partial charge in [-0.05, 0) is 26.2 Å². The minimum Gasteiger partial charge on any atom is -0.466 e. The van der Waals surface area contributed by atoms with Crippen LogP contribution in [0.4, 0.5) is 5.95 Å². The maximum atomic E-state index is 12.3. The van der Waals surface area contributed by atoms with E-state index in [4.69, 9.17) is 4.74 Å². The van der Waals surface area contributed by atoms with Gasteiger partial charge < -0.3 is 10.1 Å². The first kappa shape index (κ1) is 15.6. The number of aromatic nitrogens is 5. The van der Waals surface area contributed by atoms with Gasteiger partial charge in [-0.15, -0.1) is 5.10 Å². The first-order valence-electron chi connectivity index (χ1n) is 7.19.